The number of likely N-dealkylation sites (tertiary alicyclic amines) is 2. The molecule has 0 saturated carbocycles. The molecule has 2 rings (SSSR count). The van der Waals surface area contributed by atoms with Gasteiger partial charge in [-0.15, -0.1) is 0 Å². The van der Waals surface area contributed by atoms with Gasteiger partial charge in [-0.3, -0.25) is 4.90 Å². The van der Waals surface area contributed by atoms with Crippen LogP contribution in [0, 0.1) is 5.92 Å². The highest BCUT2D eigenvalue weighted by Gasteiger charge is 2.29. The molecule has 17 heavy (non-hydrogen) atoms. The second-order valence-corrected chi connectivity index (χ2v) is 5.81. The number of rotatable bonds is 5. The van der Waals surface area contributed by atoms with Gasteiger partial charge < -0.3 is 10.6 Å². The van der Waals surface area contributed by atoms with Gasteiger partial charge in [0.05, 0.1) is 0 Å². The Balaban J connectivity index is 1.68. The minimum Gasteiger partial charge on any atom is -0.330 e. The molecule has 0 aromatic carbocycles. The van der Waals surface area contributed by atoms with E-state index < -0.39 is 0 Å². The molecule has 1 atom stereocenters. The Morgan fingerprint density at radius 2 is 1.88 bits per heavy atom. The lowest BCUT2D eigenvalue weighted by molar-refractivity contribution is 0.123. The molecule has 3 heteroatoms. The summed E-state index contributed by atoms with van der Waals surface area (Å²) in [6.07, 6.45) is 6.77. The van der Waals surface area contributed by atoms with E-state index in [1.54, 1.807) is 0 Å². The van der Waals surface area contributed by atoms with Crippen molar-refractivity contribution in [3.05, 3.63) is 0 Å². The third kappa shape index (κ3) is 3.67. The van der Waals surface area contributed by atoms with E-state index in [-0.39, 0.29) is 0 Å². The van der Waals surface area contributed by atoms with Crippen molar-refractivity contribution in [2.45, 2.75) is 45.1 Å². The van der Waals surface area contributed by atoms with Gasteiger partial charge in [0.2, 0.25) is 0 Å². The van der Waals surface area contributed by atoms with Crippen molar-refractivity contribution in [3.63, 3.8) is 0 Å². The Kier molecular flexibility index (Phi) is 5.26. The first-order valence-corrected chi connectivity index (χ1v) is 7.50. The van der Waals surface area contributed by atoms with Crippen LogP contribution in [0.15, 0.2) is 0 Å². The monoisotopic (exact) mass is 239 g/mol. The fourth-order valence-corrected chi connectivity index (χ4v) is 3.28. The van der Waals surface area contributed by atoms with Crippen molar-refractivity contribution < 1.29 is 0 Å². The largest absolute Gasteiger partial charge is 0.330 e. The number of piperidine rings is 1. The summed E-state index contributed by atoms with van der Waals surface area (Å²) in [6, 6.07) is 0.851. The molecule has 2 fully saturated rings. The fraction of sp³-hybridized carbons (Fsp3) is 1.00. The fourth-order valence-electron chi connectivity index (χ4n) is 3.28. The Hall–Kier alpha value is -0.120. The van der Waals surface area contributed by atoms with Crippen LogP contribution in [0.5, 0.6) is 0 Å². The van der Waals surface area contributed by atoms with Crippen LogP contribution in [0.2, 0.25) is 0 Å². The van der Waals surface area contributed by atoms with Crippen LogP contribution in [0.4, 0.5) is 0 Å². The van der Waals surface area contributed by atoms with Crippen molar-refractivity contribution in [3.8, 4) is 0 Å². The van der Waals surface area contributed by atoms with Crippen LogP contribution in [-0.2, 0) is 0 Å². The number of unbranched alkanes of at least 4 members (excludes halogenated alkanes) is 1. The average molecular weight is 239 g/mol. The summed E-state index contributed by atoms with van der Waals surface area (Å²) in [6.45, 7) is 9.66. The second-order valence-electron chi connectivity index (χ2n) is 5.81. The van der Waals surface area contributed by atoms with Crippen molar-refractivity contribution in [2.24, 2.45) is 11.7 Å². The Labute approximate surface area is 106 Å². The van der Waals surface area contributed by atoms with E-state index in [1.807, 2.05) is 0 Å². The van der Waals surface area contributed by atoms with Gasteiger partial charge in [0, 0.05) is 12.6 Å². The maximum Gasteiger partial charge on any atom is 0.0120 e. The number of nitrogens with two attached hydrogens (primary N) is 1. The highest BCUT2D eigenvalue weighted by molar-refractivity contribution is 4.85. The smallest absolute Gasteiger partial charge is 0.0120 e. The quantitative estimate of drug-likeness (QED) is 0.790. The number of hydrogen-bond donors (Lipinski definition) is 1. The van der Waals surface area contributed by atoms with Crippen LogP contribution >= 0.6 is 0 Å². The molecule has 100 valence electrons. The SMILES string of the molecule is CCCCN1CCC(N2CCC(CN)C2)CC1. The van der Waals surface area contributed by atoms with Crippen molar-refractivity contribution in [1.29, 1.82) is 0 Å². The van der Waals surface area contributed by atoms with Gasteiger partial charge in [-0.2, -0.15) is 0 Å². The number of hydrogen-bond acceptors (Lipinski definition) is 3. The molecule has 0 aliphatic carbocycles. The van der Waals surface area contributed by atoms with Gasteiger partial charge in [0.15, 0.2) is 0 Å². The van der Waals surface area contributed by atoms with Gasteiger partial charge in [-0.1, -0.05) is 13.3 Å². The zero-order valence-electron chi connectivity index (χ0n) is 11.4. The van der Waals surface area contributed by atoms with E-state index in [4.69, 9.17) is 5.73 Å². The molecule has 0 radical (unpaired) electrons. The average Bonchev–Trinajstić information content (AvgIpc) is 2.86. The van der Waals surface area contributed by atoms with E-state index in [0.717, 1.165) is 18.5 Å². The summed E-state index contributed by atoms with van der Waals surface area (Å²) < 4.78 is 0. The molecule has 1 unspecified atom stereocenters. The number of nitrogens with zero attached hydrogens (tertiary/aromatic N) is 2. The van der Waals surface area contributed by atoms with E-state index >= 15 is 0 Å². The zero-order chi connectivity index (χ0) is 12.1. The Morgan fingerprint density at radius 3 is 2.47 bits per heavy atom. The standard InChI is InChI=1S/C14H29N3/c1-2-3-7-16-8-5-14(6-9-16)17-10-4-13(11-15)12-17/h13-14H,2-12,15H2,1H3. The molecular formula is C14H29N3. The van der Waals surface area contributed by atoms with Crippen LogP contribution in [0.1, 0.15) is 39.0 Å². The molecule has 0 amide bonds. The summed E-state index contributed by atoms with van der Waals surface area (Å²) in [5, 5.41) is 0. The molecule has 2 heterocycles. The third-order valence-corrected chi connectivity index (χ3v) is 4.55. The summed E-state index contributed by atoms with van der Waals surface area (Å²) >= 11 is 0. The lowest BCUT2D eigenvalue weighted by atomic mass is 10.0. The van der Waals surface area contributed by atoms with Crippen LogP contribution in [0.25, 0.3) is 0 Å². The molecule has 0 spiro atoms. The summed E-state index contributed by atoms with van der Waals surface area (Å²) in [7, 11) is 0. The zero-order valence-corrected chi connectivity index (χ0v) is 11.4. The van der Waals surface area contributed by atoms with Gasteiger partial charge in [-0.25, -0.2) is 0 Å². The predicted octanol–water partition coefficient (Wildman–Crippen LogP) is 1.53. The normalized spacial score (nSPS) is 28.9. The maximum atomic E-state index is 5.77. The third-order valence-electron chi connectivity index (χ3n) is 4.55. The highest BCUT2D eigenvalue weighted by atomic mass is 15.2. The highest BCUT2D eigenvalue weighted by Crippen LogP contribution is 2.23. The summed E-state index contributed by atoms with van der Waals surface area (Å²) in [4.78, 5) is 5.35. The molecule has 3 nitrogen and oxygen atoms in total. The second kappa shape index (κ2) is 6.72. The van der Waals surface area contributed by atoms with Crippen LogP contribution in [0.3, 0.4) is 0 Å². The van der Waals surface area contributed by atoms with Crippen LogP contribution < -0.4 is 5.73 Å². The first-order valence-electron chi connectivity index (χ1n) is 7.50. The molecule has 2 aliphatic heterocycles. The minimum absolute atomic E-state index is 0.771. The van der Waals surface area contributed by atoms with Crippen molar-refractivity contribution >= 4 is 0 Å². The van der Waals surface area contributed by atoms with Gasteiger partial charge in [0.25, 0.3) is 0 Å². The van der Waals surface area contributed by atoms with E-state index in [9.17, 15) is 0 Å². The van der Waals surface area contributed by atoms with Gasteiger partial charge in [0.1, 0.15) is 0 Å². The molecule has 0 aromatic heterocycles. The first-order chi connectivity index (χ1) is 8.33. The van der Waals surface area contributed by atoms with Crippen LogP contribution in [-0.4, -0.2) is 55.1 Å². The van der Waals surface area contributed by atoms with Gasteiger partial charge >= 0.3 is 0 Å². The lowest BCUT2D eigenvalue weighted by Crippen LogP contribution is -2.44. The van der Waals surface area contributed by atoms with Crippen molar-refractivity contribution in [2.75, 3.05) is 39.3 Å². The Bertz CT molecular complexity index is 212. The molecule has 0 bridgehead atoms. The first kappa shape index (κ1) is 13.3. The van der Waals surface area contributed by atoms with E-state index in [0.29, 0.717) is 0 Å². The summed E-state index contributed by atoms with van der Waals surface area (Å²) in [5.74, 6) is 0.771. The molecule has 2 aliphatic rings. The molecule has 0 aromatic rings. The van der Waals surface area contributed by atoms with E-state index in [2.05, 4.69) is 16.7 Å². The maximum absolute atomic E-state index is 5.77. The topological polar surface area (TPSA) is 32.5 Å². The van der Waals surface area contributed by atoms with Gasteiger partial charge in [-0.05, 0) is 64.3 Å². The van der Waals surface area contributed by atoms with E-state index in [1.165, 1.54) is 64.8 Å². The lowest BCUT2D eigenvalue weighted by Gasteiger charge is -2.36. The Morgan fingerprint density at radius 1 is 1.12 bits per heavy atom. The molecule has 2 saturated heterocycles. The molecular weight excluding hydrogens is 210 g/mol. The molecule has 2 N–H and O–H groups in total. The predicted molar refractivity (Wildman–Crippen MR) is 73.1 cm³/mol. The summed E-state index contributed by atoms with van der Waals surface area (Å²) in [5.41, 5.74) is 5.77. The minimum atomic E-state index is 0.771. The van der Waals surface area contributed by atoms with Crippen molar-refractivity contribution in [1.82, 2.24) is 9.80 Å².